The second kappa shape index (κ2) is 6.80. The summed E-state index contributed by atoms with van der Waals surface area (Å²) in [5, 5.41) is 18.0. The van der Waals surface area contributed by atoms with Crippen LogP contribution in [0.5, 0.6) is 0 Å². The summed E-state index contributed by atoms with van der Waals surface area (Å²) in [5.74, 6) is -0.801. The smallest absolute Gasteiger partial charge is 0.423 e. The number of hydrogen-bond donors (Lipinski definition) is 2. The van der Waals surface area contributed by atoms with Crippen molar-refractivity contribution in [1.82, 2.24) is 4.90 Å². The van der Waals surface area contributed by atoms with E-state index in [1.807, 2.05) is 0 Å². The van der Waals surface area contributed by atoms with Crippen molar-refractivity contribution < 1.29 is 18.8 Å². The Balaban J connectivity index is 2.06. The molecule has 0 aromatic heterocycles. The molecule has 0 heterocycles. The molecule has 2 aromatic carbocycles. The summed E-state index contributed by atoms with van der Waals surface area (Å²) >= 11 is 0. The van der Waals surface area contributed by atoms with E-state index in [1.165, 1.54) is 18.2 Å². The molecule has 0 unspecified atom stereocenters. The minimum absolute atomic E-state index is 0.105. The van der Waals surface area contributed by atoms with E-state index < -0.39 is 12.9 Å². The maximum Gasteiger partial charge on any atom is 0.488 e. The lowest BCUT2D eigenvalue weighted by Gasteiger charge is -2.18. The first-order chi connectivity index (χ1) is 9.97. The van der Waals surface area contributed by atoms with Crippen molar-refractivity contribution >= 4 is 12.6 Å². The maximum absolute atomic E-state index is 13.9. The summed E-state index contributed by atoms with van der Waals surface area (Å²) in [6.07, 6.45) is 0. The third-order valence-corrected chi connectivity index (χ3v) is 3.21. The van der Waals surface area contributed by atoms with E-state index in [0.717, 1.165) is 6.07 Å². The van der Waals surface area contributed by atoms with Crippen LogP contribution < -0.4 is 5.46 Å². The largest absolute Gasteiger partial charge is 0.488 e. The van der Waals surface area contributed by atoms with Gasteiger partial charge in [-0.1, -0.05) is 30.3 Å². The number of nitrogens with zero attached hydrogens (tertiary/aromatic N) is 1. The Morgan fingerprint density at radius 2 is 1.57 bits per heavy atom. The van der Waals surface area contributed by atoms with E-state index in [9.17, 15) is 8.78 Å². The van der Waals surface area contributed by atoms with Gasteiger partial charge in [0.25, 0.3) is 0 Å². The highest BCUT2D eigenvalue weighted by atomic mass is 19.1. The fourth-order valence-electron chi connectivity index (χ4n) is 2.12. The van der Waals surface area contributed by atoms with Gasteiger partial charge in [-0.25, -0.2) is 8.78 Å². The van der Waals surface area contributed by atoms with Gasteiger partial charge in [-0.05, 0) is 24.6 Å². The standard InChI is InChI=1S/C15H16BF2NO2/c1-19(9-11-4-2-3-5-14(11)17)10-12-6-7-13(16(20)21)8-15(12)18/h2-8,20-21H,9-10H2,1H3. The van der Waals surface area contributed by atoms with Gasteiger partial charge in [-0.15, -0.1) is 0 Å². The van der Waals surface area contributed by atoms with Crippen LogP contribution in [0.2, 0.25) is 0 Å². The number of hydrogen-bond acceptors (Lipinski definition) is 3. The van der Waals surface area contributed by atoms with Gasteiger partial charge < -0.3 is 10.0 Å². The van der Waals surface area contributed by atoms with E-state index in [-0.39, 0.29) is 11.3 Å². The van der Waals surface area contributed by atoms with Crippen molar-refractivity contribution in [3.8, 4) is 0 Å². The molecule has 0 saturated carbocycles. The van der Waals surface area contributed by atoms with Crippen LogP contribution in [-0.2, 0) is 13.1 Å². The average molecular weight is 291 g/mol. The first-order valence-corrected chi connectivity index (χ1v) is 6.54. The second-order valence-electron chi connectivity index (χ2n) is 4.99. The van der Waals surface area contributed by atoms with Crippen LogP contribution in [0.1, 0.15) is 11.1 Å². The van der Waals surface area contributed by atoms with Crippen molar-refractivity contribution in [1.29, 1.82) is 0 Å². The van der Waals surface area contributed by atoms with E-state index >= 15 is 0 Å². The van der Waals surface area contributed by atoms with Crippen molar-refractivity contribution in [2.24, 2.45) is 0 Å². The molecule has 0 saturated heterocycles. The van der Waals surface area contributed by atoms with Crippen LogP contribution in [0.25, 0.3) is 0 Å². The van der Waals surface area contributed by atoms with Crippen LogP contribution in [-0.4, -0.2) is 29.1 Å². The molecule has 2 aromatic rings. The van der Waals surface area contributed by atoms with Gasteiger partial charge in [0.15, 0.2) is 0 Å². The van der Waals surface area contributed by atoms with Crippen molar-refractivity contribution in [2.75, 3.05) is 7.05 Å². The Morgan fingerprint density at radius 3 is 2.14 bits per heavy atom. The Kier molecular flexibility index (Phi) is 5.06. The molecule has 0 aliphatic heterocycles. The molecule has 2 rings (SSSR count). The molecule has 0 aliphatic carbocycles. The van der Waals surface area contributed by atoms with Gasteiger partial charge in [0.2, 0.25) is 0 Å². The number of rotatable bonds is 5. The van der Waals surface area contributed by atoms with E-state index in [1.54, 1.807) is 30.1 Å². The predicted molar refractivity (Wildman–Crippen MR) is 77.8 cm³/mol. The zero-order chi connectivity index (χ0) is 15.4. The summed E-state index contributed by atoms with van der Waals surface area (Å²) in [6.45, 7) is 0.651. The summed E-state index contributed by atoms with van der Waals surface area (Å²) in [4.78, 5) is 1.78. The van der Waals surface area contributed by atoms with E-state index in [0.29, 0.717) is 24.2 Å². The van der Waals surface area contributed by atoms with Crippen molar-refractivity contribution in [2.45, 2.75) is 13.1 Å². The molecule has 0 amide bonds. The van der Waals surface area contributed by atoms with Crippen molar-refractivity contribution in [3.63, 3.8) is 0 Å². The number of halogens is 2. The summed E-state index contributed by atoms with van der Waals surface area (Å²) in [6, 6.07) is 10.5. The van der Waals surface area contributed by atoms with Crippen LogP contribution >= 0.6 is 0 Å². The lowest BCUT2D eigenvalue weighted by Crippen LogP contribution is -2.30. The Hall–Kier alpha value is -1.76. The predicted octanol–water partition coefficient (Wildman–Crippen LogP) is 1.28. The zero-order valence-electron chi connectivity index (χ0n) is 11.6. The zero-order valence-corrected chi connectivity index (χ0v) is 11.6. The first-order valence-electron chi connectivity index (χ1n) is 6.54. The minimum Gasteiger partial charge on any atom is -0.423 e. The van der Waals surface area contributed by atoms with E-state index in [2.05, 4.69) is 0 Å². The van der Waals surface area contributed by atoms with Gasteiger partial charge in [0, 0.05) is 24.2 Å². The van der Waals surface area contributed by atoms with Crippen molar-refractivity contribution in [3.05, 3.63) is 65.2 Å². The quantitative estimate of drug-likeness (QED) is 0.816. The topological polar surface area (TPSA) is 43.7 Å². The Labute approximate surface area is 122 Å². The molecule has 0 bridgehead atoms. The SMILES string of the molecule is CN(Cc1ccccc1F)Cc1ccc(B(O)O)cc1F. The van der Waals surface area contributed by atoms with Gasteiger partial charge in [-0.3, -0.25) is 4.90 Å². The van der Waals surface area contributed by atoms with Crippen LogP contribution in [0, 0.1) is 11.6 Å². The maximum atomic E-state index is 13.9. The summed E-state index contributed by atoms with van der Waals surface area (Å²) in [5.41, 5.74) is 1.06. The Morgan fingerprint density at radius 1 is 0.952 bits per heavy atom. The minimum atomic E-state index is -1.69. The van der Waals surface area contributed by atoms with Gasteiger partial charge >= 0.3 is 7.12 Å². The third-order valence-electron chi connectivity index (χ3n) is 3.21. The van der Waals surface area contributed by atoms with Gasteiger partial charge in [0.1, 0.15) is 11.6 Å². The molecule has 21 heavy (non-hydrogen) atoms. The normalized spacial score (nSPS) is 11.0. The van der Waals surface area contributed by atoms with Gasteiger partial charge in [0.05, 0.1) is 0 Å². The fraction of sp³-hybridized carbons (Fsp3) is 0.200. The molecule has 110 valence electrons. The number of benzene rings is 2. The second-order valence-corrected chi connectivity index (χ2v) is 4.99. The lowest BCUT2D eigenvalue weighted by atomic mass is 9.80. The van der Waals surface area contributed by atoms with Crippen LogP contribution in [0.15, 0.2) is 42.5 Å². The summed E-state index contributed by atoms with van der Waals surface area (Å²) in [7, 11) is 0.0745. The van der Waals surface area contributed by atoms with E-state index in [4.69, 9.17) is 10.0 Å². The fourth-order valence-corrected chi connectivity index (χ4v) is 2.12. The molecule has 0 atom stereocenters. The molecular formula is C15H16BF2NO2. The third kappa shape index (κ3) is 4.11. The van der Waals surface area contributed by atoms with Crippen LogP contribution in [0.4, 0.5) is 8.78 Å². The monoisotopic (exact) mass is 291 g/mol. The van der Waals surface area contributed by atoms with Crippen LogP contribution in [0.3, 0.4) is 0 Å². The molecule has 0 aliphatic rings. The molecule has 3 nitrogen and oxygen atoms in total. The Bertz CT molecular complexity index is 622. The molecule has 0 fully saturated rings. The highest BCUT2D eigenvalue weighted by molar-refractivity contribution is 6.58. The molecule has 0 radical (unpaired) electrons. The lowest BCUT2D eigenvalue weighted by molar-refractivity contribution is 0.308. The molecular weight excluding hydrogens is 275 g/mol. The highest BCUT2D eigenvalue weighted by Crippen LogP contribution is 2.13. The molecule has 0 spiro atoms. The first kappa shape index (κ1) is 15.6. The highest BCUT2D eigenvalue weighted by Gasteiger charge is 2.14. The average Bonchev–Trinajstić information content (AvgIpc) is 2.43. The summed E-state index contributed by atoms with van der Waals surface area (Å²) < 4.78 is 27.4. The molecule has 2 N–H and O–H groups in total. The molecule has 6 heteroatoms. The van der Waals surface area contributed by atoms with Gasteiger partial charge in [-0.2, -0.15) is 0 Å².